The van der Waals surface area contributed by atoms with Crippen LogP contribution in [0.3, 0.4) is 0 Å². The number of aryl methyl sites for hydroxylation is 1. The molecule has 0 radical (unpaired) electrons. The van der Waals surface area contributed by atoms with Crippen molar-refractivity contribution in [1.82, 2.24) is 10.2 Å². The number of hydrogen-bond acceptors (Lipinski definition) is 4. The summed E-state index contributed by atoms with van der Waals surface area (Å²) in [6.45, 7) is 4.68. The lowest BCUT2D eigenvalue weighted by molar-refractivity contribution is -0.157. The van der Waals surface area contributed by atoms with Gasteiger partial charge in [0, 0.05) is 14.2 Å². The first-order chi connectivity index (χ1) is 10.6. The van der Waals surface area contributed by atoms with Crippen LogP contribution in [0.1, 0.15) is 18.4 Å². The van der Waals surface area contributed by atoms with Gasteiger partial charge >= 0.3 is 0 Å². The van der Waals surface area contributed by atoms with Crippen LogP contribution >= 0.6 is 0 Å². The normalized spacial score (nSPS) is 17.0. The van der Waals surface area contributed by atoms with Crippen molar-refractivity contribution in [3.63, 3.8) is 0 Å². The molecule has 2 rings (SSSR count). The fourth-order valence-corrected chi connectivity index (χ4v) is 2.79. The summed E-state index contributed by atoms with van der Waals surface area (Å²) in [6.07, 6.45) is 1.43. The van der Waals surface area contributed by atoms with Crippen molar-refractivity contribution >= 4 is 5.91 Å². The van der Waals surface area contributed by atoms with Gasteiger partial charge in [-0.1, -0.05) is 12.1 Å². The Morgan fingerprint density at radius 1 is 1.36 bits per heavy atom. The van der Waals surface area contributed by atoms with Gasteiger partial charge in [0.1, 0.15) is 18.0 Å². The Hall–Kier alpha value is -1.59. The van der Waals surface area contributed by atoms with Crippen molar-refractivity contribution in [3.8, 4) is 5.75 Å². The van der Waals surface area contributed by atoms with Gasteiger partial charge < -0.3 is 19.7 Å². The maximum Gasteiger partial charge on any atom is 0.254 e. The summed E-state index contributed by atoms with van der Waals surface area (Å²) in [5.41, 5.74) is 0.485. The second-order valence-electron chi connectivity index (χ2n) is 5.84. The molecule has 0 saturated carbocycles. The van der Waals surface area contributed by atoms with Gasteiger partial charge in [-0.15, -0.1) is 0 Å². The SMILES string of the molecule is COC1(C(=O)N(C)CCOc2cccc(C)c2)CCNCC1. The Balaban J connectivity index is 1.85. The van der Waals surface area contributed by atoms with E-state index in [2.05, 4.69) is 5.32 Å². The third-order valence-corrected chi connectivity index (χ3v) is 4.22. The molecule has 0 atom stereocenters. The fourth-order valence-electron chi connectivity index (χ4n) is 2.79. The lowest BCUT2D eigenvalue weighted by Gasteiger charge is -2.37. The van der Waals surface area contributed by atoms with E-state index in [9.17, 15) is 4.79 Å². The van der Waals surface area contributed by atoms with Crippen molar-refractivity contribution in [2.75, 3.05) is 40.4 Å². The third-order valence-electron chi connectivity index (χ3n) is 4.22. The lowest BCUT2D eigenvalue weighted by Crippen LogP contribution is -2.55. The van der Waals surface area contributed by atoms with E-state index < -0.39 is 5.60 Å². The van der Waals surface area contributed by atoms with Crippen molar-refractivity contribution in [2.45, 2.75) is 25.4 Å². The van der Waals surface area contributed by atoms with Crippen molar-refractivity contribution in [1.29, 1.82) is 0 Å². The third kappa shape index (κ3) is 3.99. The standard InChI is InChI=1S/C17H26N2O3/c1-14-5-4-6-15(13-14)22-12-11-19(2)16(20)17(21-3)7-9-18-10-8-17/h4-6,13,18H,7-12H2,1-3H3. The molecular weight excluding hydrogens is 280 g/mol. The Morgan fingerprint density at radius 2 is 2.09 bits per heavy atom. The van der Waals surface area contributed by atoms with Crippen molar-refractivity contribution in [3.05, 3.63) is 29.8 Å². The van der Waals surface area contributed by atoms with Crippen LogP contribution in [0.4, 0.5) is 0 Å². The van der Waals surface area contributed by atoms with Gasteiger partial charge in [-0.25, -0.2) is 0 Å². The number of ether oxygens (including phenoxy) is 2. The summed E-state index contributed by atoms with van der Waals surface area (Å²) in [6, 6.07) is 7.92. The number of methoxy groups -OCH3 is 1. The molecule has 0 aliphatic carbocycles. The zero-order chi connectivity index (χ0) is 16.0. The van der Waals surface area contributed by atoms with Gasteiger partial charge in [0.25, 0.3) is 5.91 Å². The molecule has 1 fully saturated rings. The van der Waals surface area contributed by atoms with Crippen LogP contribution in [0.5, 0.6) is 5.75 Å². The van der Waals surface area contributed by atoms with E-state index in [0.29, 0.717) is 26.0 Å². The van der Waals surface area contributed by atoms with Crippen LogP contribution in [0, 0.1) is 6.92 Å². The summed E-state index contributed by atoms with van der Waals surface area (Å²) in [4.78, 5) is 14.4. The number of nitrogens with zero attached hydrogens (tertiary/aromatic N) is 1. The first-order valence-corrected chi connectivity index (χ1v) is 7.78. The summed E-state index contributed by atoms with van der Waals surface area (Å²) in [5.74, 6) is 0.883. The largest absolute Gasteiger partial charge is 0.492 e. The molecule has 122 valence electrons. The minimum atomic E-state index is -0.677. The minimum absolute atomic E-state index is 0.0457. The second kappa shape index (κ2) is 7.61. The van der Waals surface area contributed by atoms with E-state index in [1.165, 1.54) is 0 Å². The predicted molar refractivity (Wildman–Crippen MR) is 86.2 cm³/mol. The van der Waals surface area contributed by atoms with E-state index in [4.69, 9.17) is 9.47 Å². The van der Waals surface area contributed by atoms with Gasteiger partial charge in [0.05, 0.1) is 6.54 Å². The topological polar surface area (TPSA) is 50.8 Å². The van der Waals surface area contributed by atoms with E-state index in [1.54, 1.807) is 12.0 Å². The highest BCUT2D eigenvalue weighted by molar-refractivity contribution is 5.85. The number of likely N-dealkylation sites (N-methyl/N-ethyl adjacent to an activating group) is 1. The summed E-state index contributed by atoms with van der Waals surface area (Å²) >= 11 is 0. The van der Waals surface area contributed by atoms with Gasteiger partial charge in [-0.2, -0.15) is 0 Å². The average molecular weight is 306 g/mol. The molecule has 1 aromatic rings. The molecule has 5 nitrogen and oxygen atoms in total. The molecule has 1 heterocycles. The van der Waals surface area contributed by atoms with Crippen LogP contribution in [-0.4, -0.2) is 56.8 Å². The highest BCUT2D eigenvalue weighted by Gasteiger charge is 2.41. The molecule has 0 bridgehead atoms. The molecule has 1 N–H and O–H groups in total. The Bertz CT molecular complexity index is 498. The highest BCUT2D eigenvalue weighted by Crippen LogP contribution is 2.24. The molecule has 0 spiro atoms. The average Bonchev–Trinajstić information content (AvgIpc) is 2.54. The van der Waals surface area contributed by atoms with Gasteiger partial charge in [-0.05, 0) is 50.6 Å². The number of carbonyl (C=O) groups is 1. The number of benzene rings is 1. The highest BCUT2D eigenvalue weighted by atomic mass is 16.5. The Kier molecular flexibility index (Phi) is 5.80. The number of rotatable bonds is 6. The lowest BCUT2D eigenvalue weighted by atomic mass is 9.90. The predicted octanol–water partition coefficient (Wildman–Crippen LogP) is 1.60. The summed E-state index contributed by atoms with van der Waals surface area (Å²) in [7, 11) is 3.44. The van der Waals surface area contributed by atoms with Crippen LogP contribution < -0.4 is 10.1 Å². The molecule has 1 saturated heterocycles. The number of hydrogen-bond donors (Lipinski definition) is 1. The van der Waals surface area contributed by atoms with Crippen LogP contribution in [0.2, 0.25) is 0 Å². The first kappa shape index (κ1) is 16.8. The number of carbonyl (C=O) groups excluding carboxylic acids is 1. The second-order valence-corrected chi connectivity index (χ2v) is 5.84. The number of piperidine rings is 1. The molecule has 1 aliphatic rings. The Morgan fingerprint density at radius 3 is 2.73 bits per heavy atom. The van der Waals surface area contributed by atoms with Gasteiger partial charge in [0.15, 0.2) is 0 Å². The van der Waals surface area contributed by atoms with Gasteiger partial charge in [0.2, 0.25) is 0 Å². The zero-order valence-electron chi connectivity index (χ0n) is 13.7. The number of nitrogens with one attached hydrogen (secondary N) is 1. The molecule has 0 aromatic heterocycles. The van der Waals surface area contributed by atoms with Crippen molar-refractivity contribution < 1.29 is 14.3 Å². The Labute approximate surface area is 132 Å². The smallest absolute Gasteiger partial charge is 0.254 e. The van der Waals surface area contributed by atoms with E-state index in [0.717, 1.165) is 24.4 Å². The minimum Gasteiger partial charge on any atom is -0.492 e. The van der Waals surface area contributed by atoms with Crippen LogP contribution in [-0.2, 0) is 9.53 Å². The molecule has 0 unspecified atom stereocenters. The van der Waals surface area contributed by atoms with Crippen molar-refractivity contribution in [2.24, 2.45) is 0 Å². The molecule has 1 aromatic carbocycles. The zero-order valence-corrected chi connectivity index (χ0v) is 13.7. The quantitative estimate of drug-likeness (QED) is 0.867. The van der Waals surface area contributed by atoms with Crippen LogP contribution in [0.15, 0.2) is 24.3 Å². The van der Waals surface area contributed by atoms with E-state index in [-0.39, 0.29) is 5.91 Å². The van der Waals surface area contributed by atoms with E-state index in [1.807, 2.05) is 38.2 Å². The molecule has 22 heavy (non-hydrogen) atoms. The maximum absolute atomic E-state index is 12.7. The molecule has 5 heteroatoms. The van der Waals surface area contributed by atoms with Crippen LogP contribution in [0.25, 0.3) is 0 Å². The molecular formula is C17H26N2O3. The molecule has 1 aliphatic heterocycles. The summed E-state index contributed by atoms with van der Waals surface area (Å²) in [5, 5.41) is 3.26. The first-order valence-electron chi connectivity index (χ1n) is 7.78. The fraction of sp³-hybridized carbons (Fsp3) is 0.588. The monoisotopic (exact) mass is 306 g/mol. The van der Waals surface area contributed by atoms with E-state index >= 15 is 0 Å². The molecule has 1 amide bonds. The van der Waals surface area contributed by atoms with Gasteiger partial charge in [-0.3, -0.25) is 4.79 Å². The number of amides is 1. The summed E-state index contributed by atoms with van der Waals surface area (Å²) < 4.78 is 11.3. The maximum atomic E-state index is 12.7.